The molecule has 2 aromatic rings. The second kappa shape index (κ2) is 5.41. The average molecular weight is 254 g/mol. The Morgan fingerprint density at radius 3 is 2.89 bits per heavy atom. The van der Waals surface area contributed by atoms with Crippen LogP contribution in [0.4, 0.5) is 0 Å². The molecule has 98 valence electrons. The van der Waals surface area contributed by atoms with E-state index in [1.54, 1.807) is 6.20 Å². The lowest BCUT2D eigenvalue weighted by atomic mass is 10.1. The highest BCUT2D eigenvalue weighted by Gasteiger charge is 2.16. The number of ether oxygens (including phenoxy) is 1. The lowest BCUT2D eigenvalue weighted by Crippen LogP contribution is -2.46. The van der Waals surface area contributed by atoms with E-state index in [0.29, 0.717) is 6.04 Å². The van der Waals surface area contributed by atoms with Gasteiger partial charge in [0.2, 0.25) is 0 Å². The first-order chi connectivity index (χ1) is 9.31. The second-order valence-electron chi connectivity index (χ2n) is 5.03. The fourth-order valence-corrected chi connectivity index (χ4v) is 2.17. The molecule has 1 aliphatic heterocycles. The van der Waals surface area contributed by atoms with Crippen molar-refractivity contribution in [2.24, 2.45) is 0 Å². The molecule has 1 aromatic heterocycles. The number of nitrogens with one attached hydrogen (secondary N) is 1. The lowest BCUT2D eigenvalue weighted by Gasteiger charge is -2.27. The van der Waals surface area contributed by atoms with Gasteiger partial charge in [-0.3, -0.25) is 4.98 Å². The number of rotatable bonds is 4. The van der Waals surface area contributed by atoms with Gasteiger partial charge in [-0.25, -0.2) is 0 Å². The summed E-state index contributed by atoms with van der Waals surface area (Å²) in [5.41, 5.74) is 3.53. The van der Waals surface area contributed by atoms with Crippen molar-refractivity contribution in [2.75, 3.05) is 13.2 Å². The third kappa shape index (κ3) is 2.93. The first kappa shape index (κ1) is 12.2. The molecule has 0 bridgehead atoms. The summed E-state index contributed by atoms with van der Waals surface area (Å²) in [6.45, 7) is 3.92. The minimum Gasteiger partial charge on any atom is -0.490 e. The van der Waals surface area contributed by atoms with E-state index in [2.05, 4.69) is 47.6 Å². The van der Waals surface area contributed by atoms with Gasteiger partial charge in [0.25, 0.3) is 0 Å². The monoisotopic (exact) mass is 254 g/mol. The highest BCUT2D eigenvalue weighted by Crippen LogP contribution is 2.23. The van der Waals surface area contributed by atoms with Gasteiger partial charge in [-0.15, -0.1) is 0 Å². The summed E-state index contributed by atoms with van der Waals surface area (Å²) in [7, 11) is 0. The van der Waals surface area contributed by atoms with Gasteiger partial charge in [-0.1, -0.05) is 29.8 Å². The van der Waals surface area contributed by atoms with E-state index in [-0.39, 0.29) is 0 Å². The Morgan fingerprint density at radius 2 is 2.16 bits per heavy atom. The maximum atomic E-state index is 5.78. The largest absolute Gasteiger partial charge is 0.490 e. The van der Waals surface area contributed by atoms with Crippen LogP contribution in [0.5, 0.6) is 5.75 Å². The summed E-state index contributed by atoms with van der Waals surface area (Å²) < 4.78 is 5.78. The van der Waals surface area contributed by atoms with Crippen LogP contribution in [-0.2, 0) is 0 Å². The highest BCUT2D eigenvalue weighted by atomic mass is 16.5. The van der Waals surface area contributed by atoms with E-state index >= 15 is 0 Å². The zero-order valence-corrected chi connectivity index (χ0v) is 11.1. The topological polar surface area (TPSA) is 34.1 Å². The molecule has 3 heteroatoms. The van der Waals surface area contributed by atoms with Crippen LogP contribution in [0.3, 0.4) is 0 Å². The number of pyridine rings is 1. The Bertz CT molecular complexity index is 564. The zero-order valence-electron chi connectivity index (χ0n) is 11.1. The Balaban J connectivity index is 1.75. The number of aryl methyl sites for hydroxylation is 1. The van der Waals surface area contributed by atoms with Gasteiger partial charge < -0.3 is 10.1 Å². The molecule has 3 nitrogen and oxygen atoms in total. The maximum absolute atomic E-state index is 5.78. The third-order valence-electron chi connectivity index (χ3n) is 3.44. The predicted molar refractivity (Wildman–Crippen MR) is 76.3 cm³/mol. The Hall–Kier alpha value is -1.87. The molecule has 0 aliphatic carbocycles. The van der Waals surface area contributed by atoms with E-state index in [9.17, 15) is 0 Å². The van der Waals surface area contributed by atoms with Crippen molar-refractivity contribution in [2.45, 2.75) is 19.4 Å². The van der Waals surface area contributed by atoms with Crippen molar-refractivity contribution in [3.8, 4) is 16.9 Å². The van der Waals surface area contributed by atoms with E-state index in [1.807, 2.05) is 6.20 Å². The van der Waals surface area contributed by atoms with Crippen LogP contribution in [0.2, 0.25) is 0 Å². The number of aromatic nitrogens is 1. The first-order valence-corrected chi connectivity index (χ1v) is 6.69. The van der Waals surface area contributed by atoms with E-state index in [4.69, 9.17) is 4.74 Å². The second-order valence-corrected chi connectivity index (χ2v) is 5.03. The normalized spacial score (nSPS) is 17.8. The predicted octanol–water partition coefficient (Wildman–Crippen LogP) is 2.80. The summed E-state index contributed by atoms with van der Waals surface area (Å²) in [5, 5.41) is 3.32. The van der Waals surface area contributed by atoms with Gasteiger partial charge in [0.1, 0.15) is 12.4 Å². The van der Waals surface area contributed by atoms with Crippen molar-refractivity contribution >= 4 is 0 Å². The lowest BCUT2D eigenvalue weighted by molar-refractivity contribution is 0.217. The van der Waals surface area contributed by atoms with Gasteiger partial charge in [-0.05, 0) is 31.5 Å². The Kier molecular flexibility index (Phi) is 3.47. The van der Waals surface area contributed by atoms with Crippen LogP contribution in [0, 0.1) is 6.92 Å². The smallest absolute Gasteiger partial charge is 0.138 e. The molecule has 2 heterocycles. The van der Waals surface area contributed by atoms with Crippen LogP contribution in [0.15, 0.2) is 42.7 Å². The van der Waals surface area contributed by atoms with Crippen molar-refractivity contribution in [1.82, 2.24) is 10.3 Å². The first-order valence-electron chi connectivity index (χ1n) is 6.69. The van der Waals surface area contributed by atoms with Crippen LogP contribution < -0.4 is 10.1 Å². The third-order valence-corrected chi connectivity index (χ3v) is 3.44. The van der Waals surface area contributed by atoms with Crippen molar-refractivity contribution in [3.63, 3.8) is 0 Å². The molecule has 1 N–H and O–H groups in total. The fraction of sp³-hybridized carbons (Fsp3) is 0.312. The van der Waals surface area contributed by atoms with Crippen molar-refractivity contribution in [3.05, 3.63) is 48.3 Å². The molecule has 3 rings (SSSR count). The molecule has 1 atom stereocenters. The molecule has 0 amide bonds. The molecular weight excluding hydrogens is 236 g/mol. The summed E-state index contributed by atoms with van der Waals surface area (Å²) in [5.74, 6) is 0.840. The number of nitrogens with zero attached hydrogens (tertiary/aromatic N) is 1. The van der Waals surface area contributed by atoms with Crippen LogP contribution >= 0.6 is 0 Å². The zero-order chi connectivity index (χ0) is 13.1. The molecule has 1 aromatic carbocycles. The summed E-state index contributed by atoms with van der Waals surface area (Å²) in [6.07, 6.45) is 4.85. The molecule has 19 heavy (non-hydrogen) atoms. The number of benzene rings is 1. The molecule has 0 spiro atoms. The van der Waals surface area contributed by atoms with Gasteiger partial charge in [-0.2, -0.15) is 0 Å². The molecule has 1 aliphatic rings. The molecule has 1 fully saturated rings. The molecule has 1 saturated heterocycles. The van der Waals surface area contributed by atoms with Crippen molar-refractivity contribution in [1.29, 1.82) is 0 Å². The van der Waals surface area contributed by atoms with Crippen molar-refractivity contribution < 1.29 is 4.74 Å². The van der Waals surface area contributed by atoms with Gasteiger partial charge in [0, 0.05) is 17.8 Å². The molecule has 1 unspecified atom stereocenters. The number of hydrogen-bond donors (Lipinski definition) is 1. The highest BCUT2D eigenvalue weighted by molar-refractivity contribution is 5.64. The van der Waals surface area contributed by atoms with Crippen LogP contribution in [0.25, 0.3) is 11.1 Å². The summed E-state index contributed by atoms with van der Waals surface area (Å²) in [4.78, 5) is 4.27. The quantitative estimate of drug-likeness (QED) is 0.911. The van der Waals surface area contributed by atoms with Gasteiger partial charge in [0.15, 0.2) is 0 Å². The minimum atomic E-state index is 0.502. The van der Waals surface area contributed by atoms with Gasteiger partial charge >= 0.3 is 0 Å². The SMILES string of the molecule is Cc1cccc(-c2cncc(OCC3CCN3)c2)c1. The van der Waals surface area contributed by atoms with E-state index in [1.165, 1.54) is 17.5 Å². The molecule has 0 saturated carbocycles. The van der Waals surface area contributed by atoms with Crippen LogP contribution in [-0.4, -0.2) is 24.2 Å². The minimum absolute atomic E-state index is 0.502. The van der Waals surface area contributed by atoms with E-state index < -0.39 is 0 Å². The Morgan fingerprint density at radius 1 is 1.26 bits per heavy atom. The summed E-state index contributed by atoms with van der Waals surface area (Å²) >= 11 is 0. The fourth-order valence-electron chi connectivity index (χ4n) is 2.17. The average Bonchev–Trinajstić information content (AvgIpc) is 2.37. The maximum Gasteiger partial charge on any atom is 0.138 e. The standard InChI is InChI=1S/C16H18N2O/c1-12-3-2-4-13(7-12)14-8-16(10-17-9-14)19-11-15-5-6-18-15/h2-4,7-10,15,18H,5-6,11H2,1H3. The molecular formula is C16H18N2O. The molecule has 0 radical (unpaired) electrons. The Labute approximate surface area is 113 Å². The van der Waals surface area contributed by atoms with Gasteiger partial charge in [0.05, 0.1) is 6.20 Å². The van der Waals surface area contributed by atoms with E-state index in [0.717, 1.165) is 24.5 Å². The summed E-state index contributed by atoms with van der Waals surface area (Å²) in [6, 6.07) is 11.0. The number of hydrogen-bond acceptors (Lipinski definition) is 3. The van der Waals surface area contributed by atoms with Crippen LogP contribution in [0.1, 0.15) is 12.0 Å².